The van der Waals surface area contributed by atoms with Crippen molar-refractivity contribution in [2.45, 2.75) is 45.7 Å². The Morgan fingerprint density at radius 1 is 1.38 bits per heavy atom. The summed E-state index contributed by atoms with van der Waals surface area (Å²) in [6.07, 6.45) is 6.54. The highest BCUT2D eigenvalue weighted by Gasteiger charge is 2.27. The summed E-state index contributed by atoms with van der Waals surface area (Å²) in [6.45, 7) is 5.84. The number of nitrogens with zero attached hydrogens (tertiary/aromatic N) is 5. The molecule has 1 aliphatic rings. The minimum Gasteiger partial charge on any atom is -0.335 e. The van der Waals surface area contributed by atoms with Gasteiger partial charge in [0.1, 0.15) is 11.5 Å². The van der Waals surface area contributed by atoms with E-state index >= 15 is 0 Å². The molecule has 7 heteroatoms. The van der Waals surface area contributed by atoms with E-state index in [-0.39, 0.29) is 17.5 Å². The van der Waals surface area contributed by atoms with Crippen LogP contribution in [0.25, 0.3) is 0 Å². The zero-order valence-corrected chi connectivity index (χ0v) is 14.2. The number of likely N-dealkylation sites (tertiary alicyclic amines) is 1. The predicted molar refractivity (Wildman–Crippen MR) is 89.9 cm³/mol. The van der Waals surface area contributed by atoms with E-state index in [0.717, 1.165) is 31.6 Å². The molecule has 1 saturated heterocycles. The molecule has 0 saturated carbocycles. The van der Waals surface area contributed by atoms with Crippen LogP contribution < -0.4 is 5.56 Å². The summed E-state index contributed by atoms with van der Waals surface area (Å²) in [7, 11) is 0. The molecule has 0 radical (unpaired) electrons. The number of aryl methyl sites for hydroxylation is 2. The van der Waals surface area contributed by atoms with Crippen LogP contribution in [0.3, 0.4) is 0 Å². The molecule has 128 valence electrons. The molecule has 3 heterocycles. The van der Waals surface area contributed by atoms with E-state index in [1.54, 1.807) is 6.20 Å². The van der Waals surface area contributed by atoms with Crippen molar-refractivity contribution < 1.29 is 4.79 Å². The van der Waals surface area contributed by atoms with Crippen LogP contribution in [0.2, 0.25) is 0 Å². The third-order valence-corrected chi connectivity index (χ3v) is 4.46. The Morgan fingerprint density at radius 2 is 2.21 bits per heavy atom. The van der Waals surface area contributed by atoms with Crippen LogP contribution in [0.15, 0.2) is 29.3 Å². The Hall–Kier alpha value is -2.44. The summed E-state index contributed by atoms with van der Waals surface area (Å²) >= 11 is 0. The second-order valence-corrected chi connectivity index (χ2v) is 6.21. The Kier molecular flexibility index (Phi) is 4.78. The van der Waals surface area contributed by atoms with E-state index in [9.17, 15) is 9.59 Å². The molecule has 2 aromatic rings. The molecular formula is C17H23N5O2. The van der Waals surface area contributed by atoms with Gasteiger partial charge in [-0.05, 0) is 32.3 Å². The van der Waals surface area contributed by atoms with Crippen LogP contribution in [0, 0.1) is 6.92 Å². The van der Waals surface area contributed by atoms with Gasteiger partial charge in [-0.3, -0.25) is 9.59 Å². The van der Waals surface area contributed by atoms with Gasteiger partial charge in [0.05, 0.1) is 6.04 Å². The molecule has 3 rings (SSSR count). The van der Waals surface area contributed by atoms with Gasteiger partial charge in [-0.2, -0.15) is 5.10 Å². The maximum absolute atomic E-state index is 12.8. The number of piperidine rings is 1. The van der Waals surface area contributed by atoms with Crippen molar-refractivity contribution in [2.75, 3.05) is 13.1 Å². The maximum atomic E-state index is 12.8. The quantitative estimate of drug-likeness (QED) is 0.855. The zero-order chi connectivity index (χ0) is 17.1. The van der Waals surface area contributed by atoms with Gasteiger partial charge in [0.25, 0.3) is 11.5 Å². The third kappa shape index (κ3) is 3.25. The molecule has 0 spiro atoms. The molecule has 1 aliphatic heterocycles. The standard InChI is InChI=1S/C17H23N5O2/c1-3-9-22-16(23)7-6-15(19-22)17(24)20-10-4-5-14(12-20)21-11-8-18-13(21)2/h6-8,11,14H,3-5,9-10,12H2,1-2H3. The lowest BCUT2D eigenvalue weighted by atomic mass is 10.0. The molecule has 0 aromatic carbocycles. The molecule has 0 N–H and O–H groups in total. The maximum Gasteiger partial charge on any atom is 0.274 e. The fourth-order valence-electron chi connectivity index (χ4n) is 3.24. The number of carbonyl (C=O) groups excluding carboxylic acids is 1. The van der Waals surface area contributed by atoms with Crippen LogP contribution in [0.5, 0.6) is 0 Å². The second kappa shape index (κ2) is 6.98. The predicted octanol–water partition coefficient (Wildman–Crippen LogP) is 1.64. The molecule has 2 aromatic heterocycles. The minimum absolute atomic E-state index is 0.109. The van der Waals surface area contributed by atoms with E-state index in [0.29, 0.717) is 18.8 Å². The fraction of sp³-hybridized carbons (Fsp3) is 0.529. The number of hydrogen-bond acceptors (Lipinski definition) is 4. The Morgan fingerprint density at radius 3 is 2.92 bits per heavy atom. The van der Waals surface area contributed by atoms with Gasteiger partial charge in [-0.15, -0.1) is 0 Å². The highest BCUT2D eigenvalue weighted by atomic mass is 16.2. The lowest BCUT2D eigenvalue weighted by molar-refractivity contribution is 0.0669. The van der Waals surface area contributed by atoms with Crippen LogP contribution in [-0.2, 0) is 6.54 Å². The number of imidazole rings is 1. The summed E-state index contributed by atoms with van der Waals surface area (Å²) in [5, 5.41) is 4.24. The summed E-state index contributed by atoms with van der Waals surface area (Å²) in [5.41, 5.74) is 0.171. The van der Waals surface area contributed by atoms with Crippen molar-refractivity contribution in [3.63, 3.8) is 0 Å². The molecule has 1 unspecified atom stereocenters. The molecule has 7 nitrogen and oxygen atoms in total. The van der Waals surface area contributed by atoms with Gasteiger partial charge in [-0.25, -0.2) is 9.67 Å². The van der Waals surface area contributed by atoms with Crippen molar-refractivity contribution in [2.24, 2.45) is 0 Å². The lowest BCUT2D eigenvalue weighted by Gasteiger charge is -2.33. The van der Waals surface area contributed by atoms with Crippen LogP contribution in [0.4, 0.5) is 0 Å². The summed E-state index contributed by atoms with van der Waals surface area (Å²) < 4.78 is 3.50. The van der Waals surface area contributed by atoms with E-state index in [2.05, 4.69) is 14.6 Å². The van der Waals surface area contributed by atoms with Gasteiger partial charge in [0.2, 0.25) is 0 Å². The highest BCUT2D eigenvalue weighted by Crippen LogP contribution is 2.23. The normalized spacial score (nSPS) is 17.9. The monoisotopic (exact) mass is 329 g/mol. The van der Waals surface area contributed by atoms with Crippen molar-refractivity contribution in [3.05, 3.63) is 46.4 Å². The smallest absolute Gasteiger partial charge is 0.274 e. The van der Waals surface area contributed by atoms with Gasteiger partial charge in [0.15, 0.2) is 0 Å². The summed E-state index contributed by atoms with van der Waals surface area (Å²) in [4.78, 5) is 30.7. The molecule has 0 bridgehead atoms. The highest BCUT2D eigenvalue weighted by molar-refractivity contribution is 5.92. The van der Waals surface area contributed by atoms with Crippen molar-refractivity contribution >= 4 is 5.91 Å². The first-order valence-corrected chi connectivity index (χ1v) is 8.47. The molecular weight excluding hydrogens is 306 g/mol. The first-order chi connectivity index (χ1) is 11.6. The van der Waals surface area contributed by atoms with Crippen LogP contribution >= 0.6 is 0 Å². The van der Waals surface area contributed by atoms with Crippen molar-refractivity contribution in [3.8, 4) is 0 Å². The molecule has 24 heavy (non-hydrogen) atoms. The summed E-state index contributed by atoms with van der Waals surface area (Å²) in [6, 6.07) is 3.20. The van der Waals surface area contributed by atoms with Crippen molar-refractivity contribution in [1.29, 1.82) is 0 Å². The Balaban J connectivity index is 1.78. The average Bonchev–Trinajstić information content (AvgIpc) is 3.02. The van der Waals surface area contributed by atoms with Gasteiger partial charge in [-0.1, -0.05) is 6.92 Å². The summed E-state index contributed by atoms with van der Waals surface area (Å²) in [5.74, 6) is 0.853. The lowest BCUT2D eigenvalue weighted by Crippen LogP contribution is -2.41. The number of amides is 1. The Labute approximate surface area is 140 Å². The van der Waals surface area contributed by atoms with Gasteiger partial charge in [0, 0.05) is 38.1 Å². The average molecular weight is 329 g/mol. The van der Waals surface area contributed by atoms with E-state index in [1.165, 1.54) is 16.8 Å². The van der Waals surface area contributed by atoms with E-state index in [4.69, 9.17) is 0 Å². The molecule has 1 fully saturated rings. The van der Waals surface area contributed by atoms with Crippen LogP contribution in [0.1, 0.15) is 48.5 Å². The number of carbonyl (C=O) groups is 1. The fourth-order valence-corrected chi connectivity index (χ4v) is 3.24. The van der Waals surface area contributed by atoms with Gasteiger partial charge < -0.3 is 9.47 Å². The second-order valence-electron chi connectivity index (χ2n) is 6.21. The first-order valence-electron chi connectivity index (χ1n) is 8.47. The molecule has 0 aliphatic carbocycles. The number of hydrogen-bond donors (Lipinski definition) is 0. The van der Waals surface area contributed by atoms with Gasteiger partial charge >= 0.3 is 0 Å². The van der Waals surface area contributed by atoms with E-state index < -0.39 is 0 Å². The number of rotatable bonds is 4. The Bertz CT molecular complexity index is 779. The SMILES string of the molecule is CCCn1nc(C(=O)N2CCCC(n3ccnc3C)C2)ccc1=O. The van der Waals surface area contributed by atoms with Crippen molar-refractivity contribution in [1.82, 2.24) is 24.2 Å². The third-order valence-electron chi connectivity index (χ3n) is 4.46. The zero-order valence-electron chi connectivity index (χ0n) is 14.2. The molecule has 1 atom stereocenters. The topological polar surface area (TPSA) is 73.0 Å². The minimum atomic E-state index is -0.168. The molecule has 1 amide bonds. The number of aromatic nitrogens is 4. The van der Waals surface area contributed by atoms with E-state index in [1.807, 2.05) is 24.9 Å². The largest absolute Gasteiger partial charge is 0.335 e. The van der Waals surface area contributed by atoms with Crippen LogP contribution in [-0.4, -0.2) is 43.2 Å². The first kappa shape index (κ1) is 16.4.